The number of nitrogens with zero attached hydrogens (tertiary/aromatic N) is 4. The molecule has 0 amide bonds. The van der Waals surface area contributed by atoms with Crippen LogP contribution in [0.2, 0.25) is 0 Å². The van der Waals surface area contributed by atoms with Crippen LogP contribution in [0.1, 0.15) is 36.5 Å². The van der Waals surface area contributed by atoms with Gasteiger partial charge in [0.1, 0.15) is 11.5 Å². The van der Waals surface area contributed by atoms with Crippen molar-refractivity contribution in [1.29, 1.82) is 0 Å². The third-order valence-electron chi connectivity index (χ3n) is 4.04. The molecule has 2 aromatic heterocycles. The van der Waals surface area contributed by atoms with E-state index in [0.717, 1.165) is 37.0 Å². The van der Waals surface area contributed by atoms with Crippen LogP contribution >= 0.6 is 0 Å². The van der Waals surface area contributed by atoms with Crippen molar-refractivity contribution < 1.29 is 4.52 Å². The molecule has 2 aliphatic rings. The number of imidazole rings is 1. The van der Waals surface area contributed by atoms with Crippen molar-refractivity contribution in [2.75, 3.05) is 26.7 Å². The molecule has 0 radical (unpaired) electrons. The maximum Gasteiger partial charge on any atom is 0.276 e. The predicted octanol–water partition coefficient (Wildman–Crippen LogP) is 0.913. The van der Waals surface area contributed by atoms with Crippen molar-refractivity contribution in [2.45, 2.75) is 24.8 Å². The Hall–Kier alpha value is -1.73. The number of hydrogen-bond acceptors (Lipinski definition) is 6. The molecule has 4 rings (SSSR count). The van der Waals surface area contributed by atoms with Gasteiger partial charge in [-0.3, -0.25) is 4.90 Å². The molecule has 1 saturated carbocycles. The van der Waals surface area contributed by atoms with Crippen molar-refractivity contribution in [1.82, 2.24) is 30.3 Å². The molecule has 2 N–H and O–H groups in total. The summed E-state index contributed by atoms with van der Waals surface area (Å²) in [6.45, 7) is 2.85. The lowest BCUT2D eigenvalue weighted by atomic mass is 10.2. The zero-order valence-electron chi connectivity index (χ0n) is 11.5. The largest absolute Gasteiger partial charge is 0.338 e. The van der Waals surface area contributed by atoms with E-state index in [2.05, 4.69) is 37.4 Å². The molecule has 106 valence electrons. The van der Waals surface area contributed by atoms with Gasteiger partial charge in [-0.15, -0.1) is 0 Å². The summed E-state index contributed by atoms with van der Waals surface area (Å²) < 4.78 is 5.38. The minimum Gasteiger partial charge on any atom is -0.338 e. The van der Waals surface area contributed by atoms with E-state index in [-0.39, 0.29) is 6.04 Å². The first kappa shape index (κ1) is 12.0. The van der Waals surface area contributed by atoms with Gasteiger partial charge < -0.3 is 14.8 Å². The maximum absolute atomic E-state index is 5.38. The van der Waals surface area contributed by atoms with E-state index in [1.165, 1.54) is 12.8 Å². The highest BCUT2D eigenvalue weighted by atomic mass is 16.5. The number of nitrogens with one attached hydrogen (secondary N) is 2. The molecule has 7 nitrogen and oxygen atoms in total. The second kappa shape index (κ2) is 4.68. The van der Waals surface area contributed by atoms with Crippen LogP contribution in [0.4, 0.5) is 0 Å². The van der Waals surface area contributed by atoms with E-state index >= 15 is 0 Å². The second-order valence-electron chi connectivity index (χ2n) is 5.61. The number of rotatable bonds is 3. The van der Waals surface area contributed by atoms with Crippen LogP contribution in [0, 0.1) is 0 Å². The number of likely N-dealkylation sites (N-methyl/N-ethyl adjacent to an activating group) is 1. The van der Waals surface area contributed by atoms with E-state index in [9.17, 15) is 0 Å². The topological polar surface area (TPSA) is 82.9 Å². The van der Waals surface area contributed by atoms with Crippen LogP contribution in [-0.2, 0) is 0 Å². The van der Waals surface area contributed by atoms with Crippen LogP contribution in [0.25, 0.3) is 11.6 Å². The maximum atomic E-state index is 5.38. The van der Waals surface area contributed by atoms with Crippen molar-refractivity contribution in [3.05, 3.63) is 17.8 Å². The van der Waals surface area contributed by atoms with E-state index in [0.29, 0.717) is 11.8 Å². The monoisotopic (exact) mass is 274 g/mol. The fraction of sp³-hybridized carbons (Fsp3) is 0.615. The molecule has 0 bridgehead atoms. The summed E-state index contributed by atoms with van der Waals surface area (Å²) in [6.07, 6.45) is 4.23. The Bertz CT molecular complexity index is 602. The molecule has 1 unspecified atom stereocenters. The Morgan fingerprint density at radius 3 is 3.10 bits per heavy atom. The van der Waals surface area contributed by atoms with E-state index in [1.807, 2.05) is 0 Å². The quantitative estimate of drug-likeness (QED) is 0.865. The first-order valence-electron chi connectivity index (χ1n) is 7.11. The summed E-state index contributed by atoms with van der Waals surface area (Å²) in [5, 5.41) is 7.48. The molecule has 2 fully saturated rings. The highest BCUT2D eigenvalue weighted by Gasteiger charge is 2.28. The standard InChI is InChI=1S/C13H18N6O/c1-19-5-4-14-7-10(19)12-17-13(20-18-12)9-6-15-11(16-9)8-2-3-8/h6,8,10,14H,2-5,7H2,1H3,(H,15,16). The van der Waals surface area contributed by atoms with Crippen molar-refractivity contribution in [2.24, 2.45) is 0 Å². The normalized spacial score (nSPS) is 24.1. The highest BCUT2D eigenvalue weighted by molar-refractivity contribution is 5.45. The second-order valence-corrected chi connectivity index (χ2v) is 5.61. The summed E-state index contributed by atoms with van der Waals surface area (Å²) in [4.78, 5) is 14.4. The summed E-state index contributed by atoms with van der Waals surface area (Å²) >= 11 is 0. The lowest BCUT2D eigenvalue weighted by molar-refractivity contribution is 0.190. The zero-order chi connectivity index (χ0) is 13.5. The van der Waals surface area contributed by atoms with Crippen LogP contribution in [0.3, 0.4) is 0 Å². The number of aromatic amines is 1. The Morgan fingerprint density at radius 2 is 2.30 bits per heavy atom. The number of hydrogen-bond donors (Lipinski definition) is 2. The van der Waals surface area contributed by atoms with Gasteiger partial charge in [-0.25, -0.2) is 4.98 Å². The molecule has 1 aliphatic heterocycles. The first-order valence-corrected chi connectivity index (χ1v) is 7.11. The minimum atomic E-state index is 0.173. The Labute approximate surface area is 116 Å². The van der Waals surface area contributed by atoms with Crippen LogP contribution < -0.4 is 5.32 Å². The van der Waals surface area contributed by atoms with Gasteiger partial charge in [0.2, 0.25) is 0 Å². The van der Waals surface area contributed by atoms with Crippen molar-refractivity contribution in [3.63, 3.8) is 0 Å². The Morgan fingerprint density at radius 1 is 1.40 bits per heavy atom. The van der Waals surface area contributed by atoms with Crippen LogP contribution in [0.15, 0.2) is 10.7 Å². The fourth-order valence-corrected chi connectivity index (χ4v) is 2.58. The lowest BCUT2D eigenvalue weighted by Gasteiger charge is -2.30. The molecule has 0 aromatic carbocycles. The average Bonchev–Trinajstić information content (AvgIpc) is 3.01. The number of aromatic nitrogens is 4. The van der Waals surface area contributed by atoms with Gasteiger partial charge in [0.05, 0.1) is 12.2 Å². The van der Waals surface area contributed by atoms with Gasteiger partial charge in [-0.2, -0.15) is 4.98 Å². The average molecular weight is 274 g/mol. The van der Waals surface area contributed by atoms with Crippen molar-refractivity contribution >= 4 is 0 Å². The number of H-pyrrole nitrogens is 1. The molecule has 0 spiro atoms. The van der Waals surface area contributed by atoms with Gasteiger partial charge in [0, 0.05) is 25.6 Å². The smallest absolute Gasteiger partial charge is 0.276 e. The van der Waals surface area contributed by atoms with E-state index in [1.54, 1.807) is 6.20 Å². The SMILES string of the molecule is CN1CCNCC1c1noc(-c2cnc(C3CC3)[nH]2)n1. The Kier molecular flexibility index (Phi) is 2.82. The highest BCUT2D eigenvalue weighted by Crippen LogP contribution is 2.38. The lowest BCUT2D eigenvalue weighted by Crippen LogP contribution is -2.44. The van der Waals surface area contributed by atoms with Gasteiger partial charge in [-0.05, 0) is 19.9 Å². The minimum absolute atomic E-state index is 0.173. The van der Waals surface area contributed by atoms with E-state index in [4.69, 9.17) is 4.52 Å². The molecule has 20 heavy (non-hydrogen) atoms. The molecular weight excluding hydrogens is 256 g/mol. The summed E-state index contributed by atoms with van der Waals surface area (Å²) in [5.74, 6) is 2.90. The molecular formula is C13H18N6O. The summed E-state index contributed by atoms with van der Waals surface area (Å²) in [7, 11) is 2.09. The van der Waals surface area contributed by atoms with Gasteiger partial charge >= 0.3 is 0 Å². The molecule has 1 saturated heterocycles. The molecule has 1 aliphatic carbocycles. The molecule has 2 aromatic rings. The third-order valence-corrected chi connectivity index (χ3v) is 4.04. The zero-order valence-corrected chi connectivity index (χ0v) is 11.5. The third kappa shape index (κ3) is 2.12. The van der Waals surface area contributed by atoms with Crippen LogP contribution in [-0.4, -0.2) is 51.7 Å². The number of piperazine rings is 1. The summed E-state index contributed by atoms with van der Waals surface area (Å²) in [6, 6.07) is 0.173. The van der Waals surface area contributed by atoms with Gasteiger partial charge in [0.25, 0.3) is 5.89 Å². The Balaban J connectivity index is 1.57. The molecule has 3 heterocycles. The fourth-order valence-electron chi connectivity index (χ4n) is 2.58. The summed E-state index contributed by atoms with van der Waals surface area (Å²) in [5.41, 5.74) is 0.817. The van der Waals surface area contributed by atoms with Gasteiger partial charge in [0.15, 0.2) is 5.82 Å². The predicted molar refractivity (Wildman–Crippen MR) is 72.1 cm³/mol. The van der Waals surface area contributed by atoms with Gasteiger partial charge in [-0.1, -0.05) is 5.16 Å². The molecule has 7 heteroatoms. The molecule has 1 atom stereocenters. The van der Waals surface area contributed by atoms with Crippen molar-refractivity contribution in [3.8, 4) is 11.6 Å². The first-order chi connectivity index (χ1) is 9.81. The van der Waals surface area contributed by atoms with Crippen LogP contribution in [0.5, 0.6) is 0 Å². The van der Waals surface area contributed by atoms with E-state index < -0.39 is 0 Å².